The van der Waals surface area contributed by atoms with Crippen LogP contribution in [-0.4, -0.2) is 178 Å². The number of carbonyl (C=O) groups is 9. The van der Waals surface area contributed by atoms with E-state index in [-0.39, 0.29) is 114 Å². The van der Waals surface area contributed by atoms with Crippen LogP contribution in [0.4, 0.5) is 22.7 Å². The zero-order valence-corrected chi connectivity index (χ0v) is 66.8. The van der Waals surface area contributed by atoms with Gasteiger partial charge in [-0.25, -0.2) is 4.79 Å². The molecule has 2 saturated heterocycles. The van der Waals surface area contributed by atoms with Crippen LogP contribution in [0.15, 0.2) is 88.1 Å². The van der Waals surface area contributed by atoms with Crippen molar-refractivity contribution in [2.24, 2.45) is 39.0 Å². The number of phenols is 2. The van der Waals surface area contributed by atoms with Crippen LogP contribution in [0.1, 0.15) is 148 Å². The number of hydrogen-bond acceptors (Lipinski definition) is 32. The van der Waals surface area contributed by atoms with Gasteiger partial charge in [0.1, 0.15) is 18.0 Å². The lowest BCUT2D eigenvalue weighted by atomic mass is 9.82. The van der Waals surface area contributed by atoms with Crippen LogP contribution in [0.5, 0.6) is 23.0 Å². The van der Waals surface area contributed by atoms with Gasteiger partial charge in [-0.05, 0) is 146 Å². The van der Waals surface area contributed by atoms with Crippen LogP contribution >= 0.6 is 27.5 Å². The van der Waals surface area contributed by atoms with Crippen LogP contribution in [0.2, 0.25) is 0 Å². The summed E-state index contributed by atoms with van der Waals surface area (Å²) in [5.74, 6) is -5.30. The summed E-state index contributed by atoms with van der Waals surface area (Å²) < 4.78 is 43.1. The number of ether oxygens (including phenoxy) is 8. The Morgan fingerprint density at radius 3 is 1.26 bits per heavy atom. The lowest BCUT2D eigenvalue weighted by molar-refractivity contribution is -0.387. The summed E-state index contributed by atoms with van der Waals surface area (Å²) in [6.45, 7) is 17.4. The highest BCUT2D eigenvalue weighted by atomic mass is 79.9. The van der Waals surface area contributed by atoms with Gasteiger partial charge >= 0.3 is 52.9 Å². The lowest BCUT2D eigenvalue weighted by Crippen LogP contribution is -2.55. The highest BCUT2D eigenvalue weighted by Crippen LogP contribution is 2.39. The molecule has 0 bridgehead atoms. The van der Waals surface area contributed by atoms with E-state index >= 15 is 0 Å². The highest BCUT2D eigenvalue weighted by molar-refractivity contribution is 9.09. The fourth-order valence-corrected chi connectivity index (χ4v) is 9.85. The monoisotopic (exact) mass is 1710 g/mol. The van der Waals surface area contributed by atoms with E-state index in [1.54, 1.807) is 32.0 Å². The van der Waals surface area contributed by atoms with Crippen molar-refractivity contribution in [3.05, 3.63) is 157 Å². The molecule has 2 aliphatic rings. The molecule has 45 heteroatoms. The van der Waals surface area contributed by atoms with Crippen LogP contribution < -0.4 is 15.2 Å². The Hall–Kier alpha value is -11.6. The summed E-state index contributed by atoms with van der Waals surface area (Å²) in [4.78, 5) is 135. The minimum Gasteiger partial charge on any atom is -0.502 e. The Morgan fingerprint density at radius 2 is 0.904 bits per heavy atom. The first-order chi connectivity index (χ1) is 54.2. The van der Waals surface area contributed by atoms with Gasteiger partial charge in [0, 0.05) is 109 Å². The number of carbonyl (C=O) groups excluding carboxylic acids is 7. The van der Waals surface area contributed by atoms with E-state index < -0.39 is 92.8 Å². The number of nitro groups is 3. The molecule has 0 saturated carbocycles. The number of aliphatic hydroxyl groups excluding tert-OH is 3. The molecule has 9 N–H and O–H groups in total. The molecule has 6 rings (SSSR count). The van der Waals surface area contributed by atoms with Gasteiger partial charge in [-0.1, -0.05) is 77.2 Å². The third-order valence-corrected chi connectivity index (χ3v) is 16.1. The van der Waals surface area contributed by atoms with Gasteiger partial charge < -0.3 is 79.4 Å². The van der Waals surface area contributed by atoms with E-state index in [9.17, 15) is 78.6 Å². The molecule has 115 heavy (non-hydrogen) atoms. The second kappa shape index (κ2) is 59.2. The number of benzene rings is 4. The maximum atomic E-state index is 11.9. The van der Waals surface area contributed by atoms with Crippen molar-refractivity contribution < 1.29 is 132 Å². The fourth-order valence-electron chi connectivity index (χ4n) is 9.44. The molecule has 0 aromatic heterocycles. The Labute approximate surface area is 671 Å². The van der Waals surface area contributed by atoms with Crippen LogP contribution in [0.3, 0.4) is 0 Å². The van der Waals surface area contributed by atoms with Crippen molar-refractivity contribution >= 4 is 103 Å². The molecule has 43 nitrogen and oxygen atoms in total. The summed E-state index contributed by atoms with van der Waals surface area (Å²) in [6, 6.07) is 15.5. The highest BCUT2D eigenvalue weighted by Gasteiger charge is 2.48. The molecule has 634 valence electrons. The van der Waals surface area contributed by atoms with Gasteiger partial charge in [0.25, 0.3) is 0 Å². The van der Waals surface area contributed by atoms with E-state index in [0.717, 1.165) is 36.0 Å². The molecule has 2 fully saturated rings. The molecule has 2 heterocycles. The van der Waals surface area contributed by atoms with Gasteiger partial charge in [0.15, 0.2) is 41.0 Å². The minimum absolute atomic E-state index is 0.0685. The van der Waals surface area contributed by atoms with Crippen molar-refractivity contribution in [1.29, 1.82) is 0 Å². The summed E-state index contributed by atoms with van der Waals surface area (Å²) >= 11 is 8.20. The van der Waals surface area contributed by atoms with E-state index in [4.69, 9.17) is 93.0 Å². The number of aromatic hydroxyl groups is 2. The standard InChI is InChI=1S/C18H23NO8.C18H25NO6.C7H5NO5.C7H7NO4.C6H11BrO2.C6H11N3O2.C4H6ClN3O.C4H7N3O2/c1-9-10(2)17(25-12(4)22)18(27-16(9)11(3)21)26-15-6-5-13(8-20)7-14(15)19(23)24;1-9-10(2)17(23-12(4)22)18(25-16(9)11(3)21)24-15-6-5-13(8-20)7-14(15)19;9-6-2-1-4(7(10)11)3-5(6)8(12)13;9-4-5-1-2-7(10)6(3-5)8(11)12;1-2-9-6(8)4-3-5-7;1-2-11-6(10)4-3-5-8-9-7;5-4(9)2-1-3-7-8-6;5-7-6-3-1-2-4(8)9/h5-7,9-10,16-18,20H,8H2,1-4H3;5-7,9-10,16-18,20H,8,19H2,1-4H3;1-3,9H,(H,10,11);1-3,9-10H,4H2;2-5H2,1H3;2-5H2,1H3;1-3H2;1-3H2,(H,8,9)/t2*9-,10-,16-,17+,18+;;;;;;/m00....../s1. The second-order valence-corrected chi connectivity index (χ2v) is 25.2. The number of Topliss-reactive ketones (excluding diaryl/α,β-unsaturated/α-hetero) is 2. The van der Waals surface area contributed by atoms with Gasteiger partial charge in [-0.3, -0.25) is 68.7 Å². The Morgan fingerprint density at radius 1 is 0.539 bits per heavy atom. The number of rotatable bonds is 32. The Balaban J connectivity index is 0. The number of nitrogen functional groups attached to an aromatic ring is 1. The average Bonchev–Trinajstić information content (AvgIpc) is 0.794. The number of halogens is 2. The number of carboxylic acid groups (broad SMARTS) is 2. The van der Waals surface area contributed by atoms with Gasteiger partial charge in [-0.15, -0.1) is 0 Å². The molecule has 0 radical (unpaired) electrons. The van der Waals surface area contributed by atoms with E-state index in [1.807, 2.05) is 27.7 Å². The number of esters is 4. The maximum Gasteiger partial charge on any atom is 0.335 e. The molecule has 10 atom stereocenters. The number of hydrogen-bond donors (Lipinski definition) is 8. The molecule has 0 aliphatic carbocycles. The predicted molar refractivity (Wildman–Crippen MR) is 410 cm³/mol. The second-order valence-electron chi connectivity index (χ2n) is 24.0. The third kappa shape index (κ3) is 43.3. The van der Waals surface area contributed by atoms with Crippen LogP contribution in [-0.2, 0) is 86.6 Å². The Bertz CT molecular complexity index is 3960. The summed E-state index contributed by atoms with van der Waals surface area (Å²) in [6.07, 6.45) is -1.51. The quantitative estimate of drug-likeness (QED) is 0.00192. The maximum absolute atomic E-state index is 11.9. The number of phenolic OH excluding ortho intramolecular Hbond substituents is 2. The van der Waals surface area contributed by atoms with Gasteiger partial charge in [0.05, 0.1) is 59.1 Å². The number of azide groups is 3. The number of aliphatic hydroxyl groups is 3. The van der Waals surface area contributed by atoms with Crippen molar-refractivity contribution in [3.8, 4) is 23.0 Å². The first-order valence-electron chi connectivity index (χ1n) is 34.7. The molecule has 0 spiro atoms. The van der Waals surface area contributed by atoms with E-state index in [0.29, 0.717) is 86.5 Å². The first kappa shape index (κ1) is 105. The van der Waals surface area contributed by atoms with Crippen LogP contribution in [0, 0.1) is 54.0 Å². The molecule has 4 aromatic rings. The number of carboxylic acids is 2. The van der Waals surface area contributed by atoms with Crippen molar-refractivity contribution in [3.63, 3.8) is 0 Å². The van der Waals surface area contributed by atoms with Crippen molar-refractivity contribution in [2.75, 3.05) is 43.9 Å². The van der Waals surface area contributed by atoms with Crippen molar-refractivity contribution in [1.82, 2.24) is 0 Å². The lowest BCUT2D eigenvalue weighted by Gasteiger charge is -2.42. The number of alkyl halides is 1. The number of anilines is 1. The number of ketones is 2. The Kier molecular flexibility index (Phi) is 54.3. The number of nitrogens with two attached hydrogens (primary N) is 1. The molecule has 2 aliphatic heterocycles. The van der Waals surface area contributed by atoms with Gasteiger partial charge in [-0.2, -0.15) is 0 Å². The fraction of sp³-hybridized carbons (Fsp3) is 0.529. The number of nitrogens with zero attached hydrogens (tertiary/aromatic N) is 12. The van der Waals surface area contributed by atoms with Crippen LogP contribution in [0.25, 0.3) is 31.3 Å². The van der Waals surface area contributed by atoms with Crippen molar-refractivity contribution in [2.45, 2.75) is 177 Å². The largest absolute Gasteiger partial charge is 0.502 e. The topological polar surface area (TPSA) is 671 Å². The molecular weight excluding hydrogens is 1620 g/mol. The number of aliphatic carboxylic acids is 1. The SMILES string of the molecule is CC(=O)O[C@H]1[C@H](Oc2ccc(CO)cc2N)O[C@H](C(C)=O)[C@@H](C)[C@@H]1C.CC(=O)O[C@H]1[C@H](Oc2ccc(CO)cc2[N+](=O)[O-])O[C@H](C(C)=O)[C@@H](C)[C@@H]1C.CCOC(=O)CCCBr.CCOC(=O)CCCN=[N+]=[N-].O=C(O)c1ccc(O)c([N+](=O)[O-])c1.O=[N+]([O-])c1cc(CO)ccc1O.[N-]=[N+]=NCCCC(=O)Cl.[N-]=[N+]=NCCCC(=O)O. The van der Waals surface area contributed by atoms with E-state index in [2.05, 4.69) is 55.5 Å². The minimum atomic E-state index is -1.27. The molecular formula is C70H95BrClN13O30. The smallest absolute Gasteiger partial charge is 0.335 e. The third-order valence-electron chi connectivity index (χ3n) is 15.4. The summed E-state index contributed by atoms with van der Waals surface area (Å²) in [7, 11) is 0. The molecule has 0 unspecified atom stereocenters. The number of aromatic carboxylic acids is 1. The molecule has 4 aromatic carbocycles. The zero-order valence-electron chi connectivity index (χ0n) is 64.4. The number of nitro benzene ring substituents is 3. The van der Waals surface area contributed by atoms with E-state index in [1.165, 1.54) is 58.0 Å². The summed E-state index contributed by atoms with van der Waals surface area (Å²) in [5, 5.41) is 103. The first-order valence-corrected chi connectivity index (χ1v) is 36.2. The summed E-state index contributed by atoms with van der Waals surface area (Å²) in [5.41, 5.74) is 29.5. The normalized spacial score (nSPS) is 17.7. The predicted octanol–water partition coefficient (Wildman–Crippen LogP) is 11.8. The van der Waals surface area contributed by atoms with Gasteiger partial charge in [0.2, 0.25) is 17.8 Å². The molecule has 0 amide bonds. The average molecular weight is 1710 g/mol. The zero-order chi connectivity index (χ0) is 88.0.